The van der Waals surface area contributed by atoms with Crippen LogP contribution in [0.4, 0.5) is 23.2 Å². The van der Waals surface area contributed by atoms with Gasteiger partial charge in [0, 0.05) is 18.8 Å². The fraction of sp³-hybridized carbons (Fsp3) is 0.364. The van der Waals surface area contributed by atoms with Crippen molar-refractivity contribution < 1.29 is 22.4 Å². The van der Waals surface area contributed by atoms with Gasteiger partial charge in [-0.3, -0.25) is 4.79 Å². The van der Waals surface area contributed by atoms with Gasteiger partial charge in [0.1, 0.15) is 5.82 Å². The number of rotatable bonds is 2. The lowest BCUT2D eigenvalue weighted by molar-refractivity contribution is -0.140. The Labute approximate surface area is 100 Å². The van der Waals surface area contributed by atoms with E-state index in [1.807, 2.05) is 0 Å². The molecule has 1 aliphatic heterocycles. The summed E-state index contributed by atoms with van der Waals surface area (Å²) in [6.45, 7) is 0.998. The molecule has 0 bridgehead atoms. The number of nitrogens with one attached hydrogen (secondary N) is 2. The summed E-state index contributed by atoms with van der Waals surface area (Å²) in [5.41, 5.74) is -1.44. The Hall–Kier alpha value is -1.63. The summed E-state index contributed by atoms with van der Waals surface area (Å²) in [5, 5.41) is 5.21. The summed E-state index contributed by atoms with van der Waals surface area (Å²) in [6, 6.07) is 2.39. The van der Waals surface area contributed by atoms with E-state index in [0.29, 0.717) is 25.2 Å². The van der Waals surface area contributed by atoms with Crippen molar-refractivity contribution in [3.05, 3.63) is 29.6 Å². The van der Waals surface area contributed by atoms with Crippen molar-refractivity contribution in [2.24, 2.45) is 5.92 Å². The Balaban J connectivity index is 2.16. The molecule has 1 saturated heterocycles. The van der Waals surface area contributed by atoms with E-state index in [-0.39, 0.29) is 17.5 Å². The topological polar surface area (TPSA) is 41.1 Å². The van der Waals surface area contributed by atoms with E-state index in [1.54, 1.807) is 0 Å². The van der Waals surface area contributed by atoms with E-state index in [4.69, 9.17) is 0 Å². The predicted molar refractivity (Wildman–Crippen MR) is 56.4 cm³/mol. The van der Waals surface area contributed by atoms with Crippen molar-refractivity contribution >= 4 is 11.6 Å². The van der Waals surface area contributed by atoms with Gasteiger partial charge >= 0.3 is 6.18 Å². The molecule has 3 nitrogen and oxygen atoms in total. The van der Waals surface area contributed by atoms with Crippen LogP contribution in [0.2, 0.25) is 0 Å². The van der Waals surface area contributed by atoms with Gasteiger partial charge in [0.2, 0.25) is 5.91 Å². The number of benzene rings is 1. The van der Waals surface area contributed by atoms with Gasteiger partial charge in [0.05, 0.1) is 11.5 Å². The number of anilines is 1. The molecule has 1 aromatic carbocycles. The van der Waals surface area contributed by atoms with Gasteiger partial charge in [-0.05, 0) is 18.2 Å². The van der Waals surface area contributed by atoms with Crippen LogP contribution in [0.25, 0.3) is 0 Å². The number of carbonyl (C=O) groups excluding carboxylic acids is 1. The van der Waals surface area contributed by atoms with Crippen LogP contribution in [0.15, 0.2) is 18.2 Å². The molecule has 0 aliphatic carbocycles. The summed E-state index contributed by atoms with van der Waals surface area (Å²) in [4.78, 5) is 11.5. The molecule has 2 N–H and O–H groups in total. The fourth-order valence-electron chi connectivity index (χ4n) is 1.54. The monoisotopic (exact) mass is 262 g/mol. The second-order valence-corrected chi connectivity index (χ2v) is 4.04. The van der Waals surface area contributed by atoms with Gasteiger partial charge in [-0.15, -0.1) is 0 Å². The standard InChI is InChI=1S/C11H10F4N2O/c12-9-2-1-7(3-8(9)11(13,14)15)17-10(18)6-4-16-5-6/h1-3,6,16H,4-5H2,(H,17,18). The molecular weight excluding hydrogens is 252 g/mol. The summed E-state index contributed by atoms with van der Waals surface area (Å²) < 4.78 is 50.3. The number of hydrogen-bond donors (Lipinski definition) is 2. The van der Waals surface area contributed by atoms with Crippen LogP contribution in [0.5, 0.6) is 0 Å². The number of carbonyl (C=O) groups is 1. The molecule has 0 unspecified atom stereocenters. The summed E-state index contributed by atoms with van der Waals surface area (Å²) >= 11 is 0. The first-order chi connectivity index (χ1) is 8.38. The van der Waals surface area contributed by atoms with Crippen LogP contribution in [0, 0.1) is 11.7 Å². The number of hydrogen-bond acceptors (Lipinski definition) is 2. The van der Waals surface area contributed by atoms with Gasteiger partial charge in [0.25, 0.3) is 0 Å². The van der Waals surface area contributed by atoms with E-state index in [0.717, 1.165) is 6.07 Å². The van der Waals surface area contributed by atoms with Crippen molar-refractivity contribution in [3.63, 3.8) is 0 Å². The summed E-state index contributed by atoms with van der Waals surface area (Å²) in [5.74, 6) is -1.97. The summed E-state index contributed by atoms with van der Waals surface area (Å²) in [7, 11) is 0. The minimum atomic E-state index is -4.77. The molecule has 0 spiro atoms. The third-order valence-corrected chi connectivity index (χ3v) is 2.69. The highest BCUT2D eigenvalue weighted by Gasteiger charge is 2.34. The highest BCUT2D eigenvalue weighted by molar-refractivity contribution is 5.93. The van der Waals surface area contributed by atoms with Crippen LogP contribution in [-0.4, -0.2) is 19.0 Å². The lowest BCUT2D eigenvalue weighted by Gasteiger charge is -2.25. The van der Waals surface area contributed by atoms with Crippen molar-refractivity contribution in [2.75, 3.05) is 18.4 Å². The predicted octanol–water partition coefficient (Wildman–Crippen LogP) is 2.00. The molecule has 98 valence electrons. The Morgan fingerprint density at radius 3 is 2.50 bits per heavy atom. The quantitative estimate of drug-likeness (QED) is 0.800. The zero-order chi connectivity index (χ0) is 13.3. The molecule has 1 fully saturated rings. The van der Waals surface area contributed by atoms with Gasteiger partial charge in [-0.2, -0.15) is 13.2 Å². The summed E-state index contributed by atoms with van der Waals surface area (Å²) in [6.07, 6.45) is -4.77. The van der Waals surface area contributed by atoms with Crippen LogP contribution in [0.1, 0.15) is 5.56 Å². The lowest BCUT2D eigenvalue weighted by atomic mass is 10.0. The van der Waals surface area contributed by atoms with E-state index in [2.05, 4.69) is 10.6 Å². The Bertz CT molecular complexity index is 469. The zero-order valence-corrected chi connectivity index (χ0v) is 9.14. The SMILES string of the molecule is O=C(Nc1ccc(F)c(C(F)(F)F)c1)C1CNC1. The van der Waals surface area contributed by atoms with Gasteiger partial charge in [-0.25, -0.2) is 4.39 Å². The molecule has 0 radical (unpaired) electrons. The number of amides is 1. The minimum absolute atomic E-state index is 0.0550. The number of alkyl halides is 3. The lowest BCUT2D eigenvalue weighted by Crippen LogP contribution is -2.48. The first-order valence-corrected chi connectivity index (χ1v) is 5.26. The highest BCUT2D eigenvalue weighted by atomic mass is 19.4. The third kappa shape index (κ3) is 2.61. The molecule has 7 heteroatoms. The molecular formula is C11H10F4N2O. The second kappa shape index (κ2) is 4.56. The maximum Gasteiger partial charge on any atom is 0.419 e. The van der Waals surface area contributed by atoms with Crippen molar-refractivity contribution in [1.82, 2.24) is 5.32 Å². The molecule has 1 amide bonds. The zero-order valence-electron chi connectivity index (χ0n) is 9.14. The van der Waals surface area contributed by atoms with Gasteiger partial charge in [0.15, 0.2) is 0 Å². The molecule has 0 atom stereocenters. The minimum Gasteiger partial charge on any atom is -0.326 e. The maximum absolute atomic E-state index is 13.0. The van der Waals surface area contributed by atoms with Crippen molar-refractivity contribution in [3.8, 4) is 0 Å². The Morgan fingerprint density at radius 2 is 2.00 bits per heavy atom. The first-order valence-electron chi connectivity index (χ1n) is 5.26. The largest absolute Gasteiger partial charge is 0.419 e. The van der Waals surface area contributed by atoms with Crippen LogP contribution in [-0.2, 0) is 11.0 Å². The van der Waals surface area contributed by atoms with Gasteiger partial charge in [-0.1, -0.05) is 0 Å². The molecule has 1 aromatic rings. The van der Waals surface area contributed by atoms with E-state index >= 15 is 0 Å². The smallest absolute Gasteiger partial charge is 0.326 e. The van der Waals surface area contributed by atoms with Gasteiger partial charge < -0.3 is 10.6 Å². The fourth-order valence-corrected chi connectivity index (χ4v) is 1.54. The van der Waals surface area contributed by atoms with Crippen molar-refractivity contribution in [2.45, 2.75) is 6.18 Å². The molecule has 0 aromatic heterocycles. The van der Waals surface area contributed by atoms with Crippen LogP contribution >= 0.6 is 0 Å². The van der Waals surface area contributed by atoms with Crippen LogP contribution in [0.3, 0.4) is 0 Å². The average Bonchev–Trinajstić information content (AvgIpc) is 2.16. The van der Waals surface area contributed by atoms with E-state index < -0.39 is 17.6 Å². The van der Waals surface area contributed by atoms with Crippen molar-refractivity contribution in [1.29, 1.82) is 0 Å². The maximum atomic E-state index is 13.0. The van der Waals surface area contributed by atoms with Crippen LogP contribution < -0.4 is 10.6 Å². The van der Waals surface area contributed by atoms with E-state index in [9.17, 15) is 22.4 Å². The van der Waals surface area contributed by atoms with E-state index in [1.165, 1.54) is 0 Å². The number of halogens is 4. The Kier molecular flexibility index (Phi) is 3.25. The normalized spacial score (nSPS) is 16.2. The third-order valence-electron chi connectivity index (χ3n) is 2.69. The average molecular weight is 262 g/mol. The second-order valence-electron chi connectivity index (χ2n) is 4.04. The highest BCUT2D eigenvalue weighted by Crippen LogP contribution is 2.33. The molecule has 0 saturated carbocycles. The first kappa shape index (κ1) is 12.8. The molecule has 1 aliphatic rings. The molecule has 18 heavy (non-hydrogen) atoms. The molecule has 2 rings (SSSR count). The molecule has 1 heterocycles. The Morgan fingerprint density at radius 1 is 1.33 bits per heavy atom.